The van der Waals surface area contributed by atoms with Crippen molar-refractivity contribution >= 4 is 107 Å². The molecule has 2 rings (SSSR count). The van der Waals surface area contributed by atoms with Gasteiger partial charge in [-0.3, -0.25) is 0 Å². The summed E-state index contributed by atoms with van der Waals surface area (Å²) in [4.78, 5) is 0.0828. The fraction of sp³-hybridized carbons (Fsp3) is 0.455. The Kier molecular flexibility index (Phi) is 12.8. The first-order chi connectivity index (χ1) is 14.7. The maximum absolute atomic E-state index is 6.23. The maximum Gasteiger partial charge on any atom is 0.230 e. The predicted octanol–water partition coefficient (Wildman–Crippen LogP) is 11.3. The summed E-state index contributed by atoms with van der Waals surface area (Å²) in [5.41, 5.74) is 1.48. The van der Waals surface area contributed by atoms with E-state index in [0.717, 1.165) is 24.9 Å². The average Bonchev–Trinajstić information content (AvgIpc) is 2.72. The fourth-order valence-electron chi connectivity index (χ4n) is 2.79. The molecule has 0 bridgehead atoms. The zero-order valence-electron chi connectivity index (χ0n) is 16.8. The van der Waals surface area contributed by atoms with E-state index in [-0.39, 0.29) is 6.97 Å². The van der Waals surface area contributed by atoms with Crippen LogP contribution in [0.2, 0.25) is 0 Å². The lowest BCUT2D eigenvalue weighted by atomic mass is 10.1. The van der Waals surface area contributed by atoms with Gasteiger partial charge in [-0.2, -0.15) is 5.11 Å². The molecule has 31 heavy (non-hydrogen) atoms. The number of hydrogen-bond donors (Lipinski definition) is 0. The SMILES string of the molecule is BrC(CCCCCCCC(Br)(Br)Br)C(Br)(Br)Oc1ccccc1N=Nc1ccccc1. The third kappa shape index (κ3) is 11.6. The lowest BCUT2D eigenvalue weighted by Crippen LogP contribution is -2.31. The molecule has 3 nitrogen and oxygen atoms in total. The first-order valence-electron chi connectivity index (χ1n) is 10.0. The molecule has 0 heterocycles. The second-order valence-electron chi connectivity index (χ2n) is 7.06. The Hall–Kier alpha value is 0.720. The summed E-state index contributed by atoms with van der Waals surface area (Å²) in [6, 6.07) is 17.3. The second kappa shape index (κ2) is 14.2. The van der Waals surface area contributed by atoms with Gasteiger partial charge in [0.25, 0.3) is 0 Å². The van der Waals surface area contributed by atoms with Crippen molar-refractivity contribution < 1.29 is 4.74 Å². The molecule has 0 aliphatic rings. The predicted molar refractivity (Wildman–Crippen MR) is 153 cm³/mol. The van der Waals surface area contributed by atoms with Crippen molar-refractivity contribution in [1.29, 1.82) is 0 Å². The summed E-state index contributed by atoms with van der Waals surface area (Å²) < 4.78 is 5.38. The van der Waals surface area contributed by atoms with Crippen LogP contribution in [0.15, 0.2) is 64.8 Å². The van der Waals surface area contributed by atoms with Gasteiger partial charge in [-0.05, 0) is 69.0 Å². The molecule has 1 atom stereocenters. The van der Waals surface area contributed by atoms with E-state index < -0.39 is 3.42 Å². The first-order valence-corrected chi connectivity index (χ1v) is 14.9. The van der Waals surface area contributed by atoms with Crippen LogP contribution >= 0.6 is 95.6 Å². The smallest absolute Gasteiger partial charge is 0.230 e. The molecular weight excluding hydrogens is 788 g/mol. The molecule has 0 fully saturated rings. The van der Waals surface area contributed by atoms with E-state index in [4.69, 9.17) is 4.74 Å². The van der Waals surface area contributed by atoms with Crippen LogP contribution < -0.4 is 4.74 Å². The molecular formula is C22H24Br6N2O. The van der Waals surface area contributed by atoms with Gasteiger partial charge >= 0.3 is 0 Å². The van der Waals surface area contributed by atoms with Gasteiger partial charge in [0.2, 0.25) is 3.42 Å². The molecule has 0 saturated heterocycles. The van der Waals surface area contributed by atoms with Crippen molar-refractivity contribution in [3.05, 3.63) is 54.6 Å². The Labute approximate surface area is 235 Å². The van der Waals surface area contributed by atoms with Gasteiger partial charge in [0.15, 0.2) is 0 Å². The van der Waals surface area contributed by atoms with E-state index in [0.29, 0.717) is 11.4 Å². The summed E-state index contributed by atoms with van der Waals surface area (Å²) in [6.45, 7) is 0. The Morgan fingerprint density at radius 2 is 1.35 bits per heavy atom. The Morgan fingerprint density at radius 1 is 0.742 bits per heavy atom. The van der Waals surface area contributed by atoms with Crippen LogP contribution in [-0.4, -0.2) is 10.4 Å². The number of halogens is 6. The Morgan fingerprint density at radius 3 is 2.06 bits per heavy atom. The molecule has 0 spiro atoms. The molecule has 0 N–H and O–H groups in total. The number of para-hydroxylation sites is 1. The van der Waals surface area contributed by atoms with Crippen molar-refractivity contribution in [3.63, 3.8) is 0 Å². The van der Waals surface area contributed by atoms with Gasteiger partial charge in [-0.15, -0.1) is 5.11 Å². The van der Waals surface area contributed by atoms with Crippen molar-refractivity contribution in [3.8, 4) is 5.75 Å². The summed E-state index contributed by atoms with van der Waals surface area (Å²) in [6.07, 6.45) is 7.97. The van der Waals surface area contributed by atoms with Gasteiger partial charge < -0.3 is 4.74 Å². The van der Waals surface area contributed by atoms with E-state index in [9.17, 15) is 0 Å². The van der Waals surface area contributed by atoms with Crippen LogP contribution in [0, 0.1) is 0 Å². The molecule has 0 aliphatic heterocycles. The number of alkyl halides is 6. The number of benzene rings is 2. The summed E-state index contributed by atoms with van der Waals surface area (Å²) >= 11 is 21.8. The van der Waals surface area contributed by atoms with Gasteiger partial charge in [0.05, 0.1) is 10.5 Å². The minimum Gasteiger partial charge on any atom is -0.463 e. The van der Waals surface area contributed by atoms with E-state index in [1.54, 1.807) is 0 Å². The van der Waals surface area contributed by atoms with Gasteiger partial charge in [0.1, 0.15) is 13.6 Å². The normalized spacial score (nSPS) is 13.5. The van der Waals surface area contributed by atoms with Crippen LogP contribution in [0.5, 0.6) is 5.75 Å². The summed E-state index contributed by atoms with van der Waals surface area (Å²) in [5.74, 6) is 0.656. The minimum atomic E-state index is -0.736. The van der Waals surface area contributed by atoms with Crippen LogP contribution in [-0.2, 0) is 0 Å². The lowest BCUT2D eigenvalue weighted by Gasteiger charge is -2.28. The highest BCUT2D eigenvalue weighted by Gasteiger charge is 2.34. The highest BCUT2D eigenvalue weighted by atomic mass is 80.0. The van der Waals surface area contributed by atoms with E-state index in [1.165, 1.54) is 25.7 Å². The first kappa shape index (κ1) is 28.0. The molecule has 0 amide bonds. The lowest BCUT2D eigenvalue weighted by molar-refractivity contribution is 0.263. The van der Waals surface area contributed by atoms with Crippen LogP contribution in [0.3, 0.4) is 0 Å². The number of azo groups is 1. The molecule has 1 unspecified atom stereocenters. The van der Waals surface area contributed by atoms with Gasteiger partial charge in [-0.25, -0.2) is 0 Å². The molecule has 170 valence electrons. The van der Waals surface area contributed by atoms with E-state index in [2.05, 4.69) is 106 Å². The average molecular weight is 812 g/mol. The monoisotopic (exact) mass is 806 g/mol. The highest BCUT2D eigenvalue weighted by Crippen LogP contribution is 2.42. The van der Waals surface area contributed by atoms with Gasteiger partial charge in [0, 0.05) is 0 Å². The molecule has 0 aromatic heterocycles. The number of unbranched alkanes of at least 4 members (excludes halogenated alkanes) is 4. The number of nitrogens with zero attached hydrogens (tertiary/aromatic N) is 2. The molecule has 2 aromatic carbocycles. The largest absolute Gasteiger partial charge is 0.463 e. The van der Waals surface area contributed by atoms with Crippen molar-refractivity contribution in [2.45, 2.75) is 55.3 Å². The molecule has 0 radical (unpaired) electrons. The standard InChI is InChI=1S/C22H24Br6N2O/c23-20(15-7-2-1-3-10-16-21(24,25)26)22(27,28)31-19-14-9-8-13-18(19)30-29-17-11-5-4-6-12-17/h4-6,8-9,11-14,20H,1-3,7,10,15-16H2. The van der Waals surface area contributed by atoms with Crippen LogP contribution in [0.25, 0.3) is 0 Å². The molecule has 0 aliphatic carbocycles. The number of ether oxygens (including phenoxy) is 1. The quantitative estimate of drug-likeness (QED) is 0.119. The van der Waals surface area contributed by atoms with Crippen molar-refractivity contribution in [2.75, 3.05) is 0 Å². The molecule has 0 saturated carbocycles. The molecule has 2 aromatic rings. The maximum atomic E-state index is 6.23. The Bertz CT molecular complexity index is 811. The van der Waals surface area contributed by atoms with Crippen molar-refractivity contribution in [2.24, 2.45) is 10.2 Å². The number of rotatable bonds is 12. The fourth-order valence-corrected chi connectivity index (χ4v) is 4.86. The second-order valence-corrected chi connectivity index (χ2v) is 18.8. The van der Waals surface area contributed by atoms with E-state index >= 15 is 0 Å². The minimum absolute atomic E-state index is 0.0828. The van der Waals surface area contributed by atoms with E-state index in [1.807, 2.05) is 54.6 Å². The molecule has 9 heteroatoms. The highest BCUT2D eigenvalue weighted by molar-refractivity contribution is 9.39. The summed E-state index contributed by atoms with van der Waals surface area (Å²) in [7, 11) is 0. The topological polar surface area (TPSA) is 34.0 Å². The van der Waals surface area contributed by atoms with Gasteiger partial charge in [-0.1, -0.05) is 126 Å². The zero-order chi connectivity index (χ0) is 22.7. The van der Waals surface area contributed by atoms with Crippen molar-refractivity contribution in [1.82, 2.24) is 0 Å². The van der Waals surface area contributed by atoms with Crippen LogP contribution in [0.4, 0.5) is 11.4 Å². The number of hydrogen-bond acceptors (Lipinski definition) is 3. The third-order valence-electron chi connectivity index (χ3n) is 4.42. The van der Waals surface area contributed by atoms with Crippen LogP contribution in [0.1, 0.15) is 44.9 Å². The summed E-state index contributed by atoms with van der Waals surface area (Å²) in [5, 5.41) is 8.68. The third-order valence-corrected chi connectivity index (χ3v) is 9.37. The Balaban J connectivity index is 1.84. The zero-order valence-corrected chi connectivity index (χ0v) is 26.3.